The van der Waals surface area contributed by atoms with Crippen LogP contribution in [0.3, 0.4) is 0 Å². The minimum atomic E-state index is -1.63. The van der Waals surface area contributed by atoms with Crippen LogP contribution in [0.5, 0.6) is 0 Å². The summed E-state index contributed by atoms with van der Waals surface area (Å²) >= 11 is 0. The molecule has 0 spiro atoms. The molecule has 216 valence electrons. The number of nitrogens with zero attached hydrogens (tertiary/aromatic N) is 1. The summed E-state index contributed by atoms with van der Waals surface area (Å²) in [6.07, 6.45) is -1.79. The lowest BCUT2D eigenvalue weighted by Crippen LogP contribution is -2.56. The number of amides is 4. The molecule has 13 N–H and O–H groups in total. The minimum absolute atomic E-state index is 0.0261. The van der Waals surface area contributed by atoms with Crippen LogP contribution >= 0.6 is 0 Å². The lowest BCUT2D eigenvalue weighted by molar-refractivity contribution is -0.144. The summed E-state index contributed by atoms with van der Waals surface area (Å²) in [5, 5.41) is 36.8. The van der Waals surface area contributed by atoms with E-state index in [0.717, 1.165) is 0 Å². The minimum Gasteiger partial charge on any atom is -0.481 e. The van der Waals surface area contributed by atoms with Gasteiger partial charge in [-0.25, -0.2) is 4.79 Å². The van der Waals surface area contributed by atoms with Gasteiger partial charge in [-0.1, -0.05) is 13.8 Å². The van der Waals surface area contributed by atoms with E-state index in [4.69, 9.17) is 22.3 Å². The Hall–Kier alpha value is -3.99. The van der Waals surface area contributed by atoms with Crippen LogP contribution in [0, 0.1) is 5.92 Å². The Labute approximate surface area is 219 Å². The maximum atomic E-state index is 12.7. The van der Waals surface area contributed by atoms with E-state index in [1.165, 1.54) is 20.8 Å². The van der Waals surface area contributed by atoms with Crippen molar-refractivity contribution in [2.75, 3.05) is 13.1 Å². The molecule has 0 aromatic rings. The summed E-state index contributed by atoms with van der Waals surface area (Å²) in [6, 6.07) is -5.49. The highest BCUT2D eigenvalue weighted by Gasteiger charge is 2.30. The van der Waals surface area contributed by atoms with Crippen molar-refractivity contribution in [3.8, 4) is 0 Å². The van der Waals surface area contributed by atoms with Gasteiger partial charge in [-0.3, -0.25) is 29.0 Å². The van der Waals surface area contributed by atoms with Crippen LogP contribution in [0.1, 0.15) is 40.0 Å². The van der Waals surface area contributed by atoms with Gasteiger partial charge in [0.05, 0.1) is 19.1 Å². The first kappa shape index (κ1) is 34.0. The van der Waals surface area contributed by atoms with Gasteiger partial charge in [-0.15, -0.1) is 0 Å². The second-order valence-electron chi connectivity index (χ2n) is 8.78. The number of nitrogens with two attached hydrogens (primary N) is 3. The van der Waals surface area contributed by atoms with Crippen LogP contribution in [0.4, 0.5) is 0 Å². The van der Waals surface area contributed by atoms with E-state index in [9.17, 15) is 39.0 Å². The zero-order valence-corrected chi connectivity index (χ0v) is 21.5. The zero-order valence-electron chi connectivity index (χ0n) is 21.5. The Bertz CT molecular complexity index is 890. The molecule has 0 aliphatic rings. The Balaban J connectivity index is 5.31. The molecule has 0 aromatic heterocycles. The number of carbonyl (C=O) groups excluding carboxylic acids is 4. The summed E-state index contributed by atoms with van der Waals surface area (Å²) in [4.78, 5) is 76.0. The number of carboxylic acid groups (broad SMARTS) is 2. The van der Waals surface area contributed by atoms with E-state index in [1.54, 1.807) is 0 Å². The number of hydrogen-bond donors (Lipinski definition) is 10. The SMILES string of the molecule is CC(C)[C@H](NC(=O)[C@H](CC(=O)O)NC(=O)CNC(=O)[C@H](CCCN=C(N)N)NC(=O)[C@@H](N)[C@@H](C)O)C(=O)O. The van der Waals surface area contributed by atoms with Crippen molar-refractivity contribution in [1.82, 2.24) is 21.3 Å². The van der Waals surface area contributed by atoms with Crippen LogP contribution < -0.4 is 38.5 Å². The Morgan fingerprint density at radius 2 is 1.47 bits per heavy atom. The molecular weight excluding hydrogens is 508 g/mol. The van der Waals surface area contributed by atoms with E-state index in [1.807, 2.05) is 0 Å². The molecule has 38 heavy (non-hydrogen) atoms. The number of aliphatic hydroxyl groups is 1. The van der Waals surface area contributed by atoms with Gasteiger partial charge < -0.3 is 53.8 Å². The van der Waals surface area contributed by atoms with Crippen LogP contribution in [0.25, 0.3) is 0 Å². The normalized spacial score (nSPS) is 14.7. The van der Waals surface area contributed by atoms with Crippen molar-refractivity contribution in [2.24, 2.45) is 28.1 Å². The molecule has 5 atom stereocenters. The van der Waals surface area contributed by atoms with Gasteiger partial charge in [0.15, 0.2) is 5.96 Å². The fraction of sp³-hybridized carbons (Fsp3) is 0.667. The van der Waals surface area contributed by atoms with E-state index >= 15 is 0 Å². The van der Waals surface area contributed by atoms with Gasteiger partial charge in [0.1, 0.15) is 24.2 Å². The third kappa shape index (κ3) is 13.4. The van der Waals surface area contributed by atoms with Gasteiger partial charge in [-0.2, -0.15) is 0 Å². The maximum Gasteiger partial charge on any atom is 0.326 e. The third-order valence-electron chi connectivity index (χ3n) is 5.08. The molecule has 4 amide bonds. The number of carbonyl (C=O) groups is 6. The topological polar surface area (TPSA) is 302 Å². The predicted octanol–water partition coefficient (Wildman–Crippen LogP) is -4.47. The molecule has 0 aliphatic heterocycles. The van der Waals surface area contributed by atoms with Crippen LogP contribution in [-0.2, 0) is 28.8 Å². The molecule has 17 nitrogen and oxygen atoms in total. The van der Waals surface area contributed by atoms with Gasteiger partial charge in [0.2, 0.25) is 23.6 Å². The molecule has 0 unspecified atom stereocenters. The fourth-order valence-corrected chi connectivity index (χ4v) is 2.95. The average Bonchev–Trinajstić information content (AvgIpc) is 2.80. The summed E-state index contributed by atoms with van der Waals surface area (Å²) in [5.74, 6) is -7.13. The molecule has 0 radical (unpaired) electrons. The van der Waals surface area contributed by atoms with Crippen molar-refractivity contribution in [2.45, 2.75) is 70.3 Å². The highest BCUT2D eigenvalue weighted by molar-refractivity contribution is 5.95. The largest absolute Gasteiger partial charge is 0.481 e. The maximum absolute atomic E-state index is 12.7. The average molecular weight is 547 g/mol. The number of aliphatic carboxylic acids is 2. The van der Waals surface area contributed by atoms with E-state index in [-0.39, 0.29) is 25.3 Å². The number of aliphatic imine (C=N–C) groups is 1. The van der Waals surface area contributed by atoms with Crippen molar-refractivity contribution in [1.29, 1.82) is 0 Å². The second-order valence-corrected chi connectivity index (χ2v) is 8.78. The quantitative estimate of drug-likeness (QED) is 0.0469. The van der Waals surface area contributed by atoms with Gasteiger partial charge >= 0.3 is 11.9 Å². The number of rotatable bonds is 17. The summed E-state index contributed by atoms with van der Waals surface area (Å²) in [7, 11) is 0. The number of nitrogens with one attached hydrogen (secondary N) is 4. The molecule has 0 fully saturated rings. The molecule has 0 heterocycles. The number of aliphatic hydroxyl groups excluding tert-OH is 1. The highest BCUT2D eigenvalue weighted by Crippen LogP contribution is 2.04. The molecule has 0 saturated heterocycles. The van der Waals surface area contributed by atoms with Crippen LogP contribution in [0.15, 0.2) is 4.99 Å². The molecule has 17 heteroatoms. The van der Waals surface area contributed by atoms with E-state index in [0.29, 0.717) is 0 Å². The van der Waals surface area contributed by atoms with Gasteiger partial charge in [0.25, 0.3) is 0 Å². The van der Waals surface area contributed by atoms with Gasteiger partial charge in [0, 0.05) is 6.54 Å². The van der Waals surface area contributed by atoms with Gasteiger partial charge in [-0.05, 0) is 25.7 Å². The molecule has 0 aliphatic carbocycles. The Morgan fingerprint density at radius 1 is 0.868 bits per heavy atom. The van der Waals surface area contributed by atoms with Crippen LogP contribution in [-0.4, -0.2) is 100 Å². The van der Waals surface area contributed by atoms with Crippen LogP contribution in [0.2, 0.25) is 0 Å². The summed E-state index contributed by atoms with van der Waals surface area (Å²) < 4.78 is 0. The fourth-order valence-electron chi connectivity index (χ4n) is 2.95. The predicted molar refractivity (Wildman–Crippen MR) is 133 cm³/mol. The number of hydrogen-bond acceptors (Lipinski definition) is 9. The molecule has 0 rings (SSSR count). The lowest BCUT2D eigenvalue weighted by atomic mass is 10.0. The van der Waals surface area contributed by atoms with Crippen molar-refractivity contribution < 1.29 is 44.1 Å². The van der Waals surface area contributed by atoms with Crippen molar-refractivity contribution in [3.63, 3.8) is 0 Å². The monoisotopic (exact) mass is 546 g/mol. The smallest absolute Gasteiger partial charge is 0.326 e. The Morgan fingerprint density at radius 3 is 1.95 bits per heavy atom. The first-order chi connectivity index (χ1) is 17.6. The first-order valence-electron chi connectivity index (χ1n) is 11.7. The summed E-state index contributed by atoms with van der Waals surface area (Å²) in [5.41, 5.74) is 16.1. The second kappa shape index (κ2) is 16.7. The standard InChI is InChI=1S/C21H38N8O9/c1-9(2)16(20(37)38)29-18(35)12(7-14(32)33)27-13(31)8-26-17(34)11(5-4-6-25-21(23)24)28-19(36)15(22)10(3)30/h9-12,15-16,30H,4-8,22H2,1-3H3,(H,26,34)(H,27,31)(H,28,36)(H,29,35)(H,32,33)(H,37,38)(H4,23,24,25)/t10-,11+,12+,15+,16+/m1/s1. The third-order valence-corrected chi connectivity index (χ3v) is 5.08. The summed E-state index contributed by atoms with van der Waals surface area (Å²) in [6.45, 7) is 3.76. The molecule has 0 saturated carbocycles. The van der Waals surface area contributed by atoms with E-state index in [2.05, 4.69) is 26.3 Å². The molecular formula is C21H38N8O9. The number of guanidine groups is 1. The molecule has 0 aromatic carbocycles. The Kier molecular flexibility index (Phi) is 14.9. The first-order valence-corrected chi connectivity index (χ1v) is 11.7. The zero-order chi connectivity index (χ0) is 29.6. The molecule has 0 bridgehead atoms. The number of carboxylic acids is 2. The lowest BCUT2D eigenvalue weighted by Gasteiger charge is -2.23. The van der Waals surface area contributed by atoms with Crippen molar-refractivity contribution >= 4 is 41.5 Å². The highest BCUT2D eigenvalue weighted by atomic mass is 16.4. The van der Waals surface area contributed by atoms with E-state index < -0.39 is 84.7 Å². The van der Waals surface area contributed by atoms with Crippen molar-refractivity contribution in [3.05, 3.63) is 0 Å².